The normalized spacial score (nSPS) is 20.3. The van der Waals surface area contributed by atoms with Crippen molar-refractivity contribution in [3.8, 4) is 0 Å². The summed E-state index contributed by atoms with van der Waals surface area (Å²) in [7, 11) is 2.11. The third kappa shape index (κ3) is 4.02. The van der Waals surface area contributed by atoms with Crippen LogP contribution in [0.2, 0.25) is 0 Å². The van der Waals surface area contributed by atoms with Gasteiger partial charge in [-0.3, -0.25) is 0 Å². The number of morpholine rings is 1. The van der Waals surface area contributed by atoms with Crippen molar-refractivity contribution in [2.24, 2.45) is 0 Å². The molecule has 2 heterocycles. The lowest BCUT2D eigenvalue weighted by atomic mass is 10.3. The predicted molar refractivity (Wildman–Crippen MR) is 79.6 cm³/mol. The lowest BCUT2D eigenvalue weighted by molar-refractivity contribution is -0.0117. The van der Waals surface area contributed by atoms with Crippen LogP contribution < -0.4 is 10.6 Å². The van der Waals surface area contributed by atoms with Crippen LogP contribution in [0.3, 0.4) is 0 Å². The molecule has 0 bridgehead atoms. The Bertz CT molecular complexity index is 417. The Balaban J connectivity index is 1.93. The summed E-state index contributed by atoms with van der Waals surface area (Å²) in [6, 6.07) is 0. The van der Waals surface area contributed by atoms with Gasteiger partial charge in [-0.05, 0) is 29.9 Å². The van der Waals surface area contributed by atoms with Crippen molar-refractivity contribution in [3.63, 3.8) is 0 Å². The van der Waals surface area contributed by atoms with Gasteiger partial charge in [0.1, 0.15) is 22.4 Å². The fourth-order valence-corrected chi connectivity index (χ4v) is 2.47. The van der Waals surface area contributed by atoms with E-state index in [0.29, 0.717) is 0 Å². The second-order valence-electron chi connectivity index (χ2n) is 4.55. The van der Waals surface area contributed by atoms with Gasteiger partial charge in [-0.15, -0.1) is 0 Å². The van der Waals surface area contributed by atoms with Gasteiger partial charge < -0.3 is 20.3 Å². The van der Waals surface area contributed by atoms with E-state index >= 15 is 0 Å². The number of hydrogen-bond donors (Lipinski definition) is 2. The van der Waals surface area contributed by atoms with Crippen LogP contribution in [0.15, 0.2) is 10.8 Å². The highest BCUT2D eigenvalue weighted by Crippen LogP contribution is 2.26. The summed E-state index contributed by atoms with van der Waals surface area (Å²) < 4.78 is 6.57. The minimum Gasteiger partial charge on any atom is -0.374 e. The summed E-state index contributed by atoms with van der Waals surface area (Å²) in [5.74, 6) is 1.60. The number of ether oxygens (including phenoxy) is 1. The van der Waals surface area contributed by atoms with Gasteiger partial charge in [0.25, 0.3) is 0 Å². The molecular formula is C12H20BrN5O. The highest BCUT2D eigenvalue weighted by Gasteiger charge is 2.18. The van der Waals surface area contributed by atoms with E-state index in [-0.39, 0.29) is 6.10 Å². The summed E-state index contributed by atoms with van der Waals surface area (Å²) in [6.45, 7) is 6.33. The minimum absolute atomic E-state index is 0.197. The van der Waals surface area contributed by atoms with Crippen molar-refractivity contribution in [1.82, 2.24) is 14.9 Å². The molecule has 1 fully saturated rings. The molecule has 106 valence electrons. The Labute approximate surface area is 122 Å². The van der Waals surface area contributed by atoms with Gasteiger partial charge in [0, 0.05) is 26.2 Å². The SMILES string of the molecule is CCNc1ncnc(NCC2CN(C)CCO2)c1Br. The van der Waals surface area contributed by atoms with Crippen LogP contribution in [0.5, 0.6) is 0 Å². The molecule has 0 amide bonds. The molecule has 1 aliphatic rings. The van der Waals surface area contributed by atoms with E-state index in [2.05, 4.69) is 48.5 Å². The number of hydrogen-bond acceptors (Lipinski definition) is 6. The van der Waals surface area contributed by atoms with Crippen molar-refractivity contribution in [3.05, 3.63) is 10.8 Å². The molecule has 1 atom stereocenters. The van der Waals surface area contributed by atoms with Crippen molar-refractivity contribution < 1.29 is 4.74 Å². The molecule has 1 aromatic rings. The van der Waals surface area contributed by atoms with Gasteiger partial charge in [-0.2, -0.15) is 0 Å². The Morgan fingerprint density at radius 2 is 2.16 bits per heavy atom. The molecule has 1 unspecified atom stereocenters. The lowest BCUT2D eigenvalue weighted by Crippen LogP contribution is -2.43. The number of anilines is 2. The lowest BCUT2D eigenvalue weighted by Gasteiger charge is -2.30. The van der Waals surface area contributed by atoms with Gasteiger partial charge in [-0.1, -0.05) is 0 Å². The molecule has 0 saturated carbocycles. The molecule has 6 nitrogen and oxygen atoms in total. The van der Waals surface area contributed by atoms with E-state index in [0.717, 1.165) is 48.9 Å². The second kappa shape index (κ2) is 7.02. The predicted octanol–water partition coefficient (Wildman–Crippen LogP) is 1.41. The van der Waals surface area contributed by atoms with E-state index in [4.69, 9.17) is 4.74 Å². The zero-order valence-corrected chi connectivity index (χ0v) is 12.9. The third-order valence-corrected chi connectivity index (χ3v) is 3.72. The quantitative estimate of drug-likeness (QED) is 0.851. The summed E-state index contributed by atoms with van der Waals surface area (Å²) in [5, 5.41) is 6.50. The van der Waals surface area contributed by atoms with Crippen LogP contribution in [-0.2, 0) is 4.74 Å². The maximum atomic E-state index is 5.71. The highest BCUT2D eigenvalue weighted by molar-refractivity contribution is 9.10. The van der Waals surface area contributed by atoms with Gasteiger partial charge in [0.05, 0.1) is 12.7 Å². The van der Waals surface area contributed by atoms with Crippen LogP contribution in [0.4, 0.5) is 11.6 Å². The zero-order valence-electron chi connectivity index (χ0n) is 11.3. The molecule has 0 radical (unpaired) electrons. The van der Waals surface area contributed by atoms with E-state index in [1.807, 2.05) is 6.92 Å². The van der Waals surface area contributed by atoms with Crippen LogP contribution in [0.25, 0.3) is 0 Å². The van der Waals surface area contributed by atoms with Crippen LogP contribution in [0.1, 0.15) is 6.92 Å². The molecule has 0 aromatic carbocycles. The first-order valence-electron chi connectivity index (χ1n) is 6.49. The molecule has 7 heteroatoms. The smallest absolute Gasteiger partial charge is 0.146 e. The Morgan fingerprint density at radius 1 is 1.42 bits per heavy atom. The number of nitrogens with one attached hydrogen (secondary N) is 2. The summed E-state index contributed by atoms with van der Waals surface area (Å²) in [4.78, 5) is 10.7. The van der Waals surface area contributed by atoms with E-state index in [1.54, 1.807) is 6.33 Å². The van der Waals surface area contributed by atoms with E-state index in [9.17, 15) is 0 Å². The Hall–Kier alpha value is -0.920. The van der Waals surface area contributed by atoms with Crippen molar-refractivity contribution in [2.45, 2.75) is 13.0 Å². The largest absolute Gasteiger partial charge is 0.374 e. The van der Waals surface area contributed by atoms with Gasteiger partial charge in [-0.25, -0.2) is 9.97 Å². The highest BCUT2D eigenvalue weighted by atomic mass is 79.9. The average Bonchev–Trinajstić information content (AvgIpc) is 2.40. The number of rotatable bonds is 5. The van der Waals surface area contributed by atoms with Crippen molar-refractivity contribution >= 4 is 27.6 Å². The van der Waals surface area contributed by atoms with Crippen molar-refractivity contribution in [2.75, 3.05) is 50.5 Å². The third-order valence-electron chi connectivity index (χ3n) is 2.97. The summed E-state index contributed by atoms with van der Waals surface area (Å²) in [6.07, 6.45) is 1.75. The Morgan fingerprint density at radius 3 is 2.84 bits per heavy atom. The van der Waals surface area contributed by atoms with Crippen LogP contribution in [-0.4, -0.2) is 60.8 Å². The van der Waals surface area contributed by atoms with Crippen LogP contribution >= 0.6 is 15.9 Å². The average molecular weight is 330 g/mol. The number of halogens is 1. The summed E-state index contributed by atoms with van der Waals surface area (Å²) in [5.41, 5.74) is 0. The second-order valence-corrected chi connectivity index (χ2v) is 5.34. The van der Waals surface area contributed by atoms with Gasteiger partial charge in [0.2, 0.25) is 0 Å². The van der Waals surface area contributed by atoms with Gasteiger partial charge in [0.15, 0.2) is 0 Å². The maximum Gasteiger partial charge on any atom is 0.146 e. The molecule has 1 saturated heterocycles. The van der Waals surface area contributed by atoms with E-state index in [1.165, 1.54) is 0 Å². The van der Waals surface area contributed by atoms with Crippen LogP contribution in [0, 0.1) is 0 Å². The fraction of sp³-hybridized carbons (Fsp3) is 0.667. The monoisotopic (exact) mass is 329 g/mol. The standard InChI is InChI=1S/C12H20BrN5O/c1-3-14-11-10(13)12(17-8-16-11)15-6-9-7-18(2)4-5-19-9/h8-9H,3-7H2,1-2H3,(H2,14,15,16,17). The first kappa shape index (κ1) is 14.5. The molecule has 19 heavy (non-hydrogen) atoms. The van der Waals surface area contributed by atoms with E-state index < -0.39 is 0 Å². The molecule has 0 spiro atoms. The maximum absolute atomic E-state index is 5.71. The molecule has 1 aliphatic heterocycles. The first-order chi connectivity index (χ1) is 9.20. The number of likely N-dealkylation sites (N-methyl/N-ethyl adjacent to an activating group) is 1. The summed E-state index contributed by atoms with van der Waals surface area (Å²) >= 11 is 3.52. The fourth-order valence-electron chi connectivity index (χ4n) is 1.98. The minimum atomic E-state index is 0.197. The number of nitrogens with zero attached hydrogens (tertiary/aromatic N) is 3. The number of aromatic nitrogens is 2. The topological polar surface area (TPSA) is 62.3 Å². The molecular weight excluding hydrogens is 310 g/mol. The molecule has 1 aromatic heterocycles. The van der Waals surface area contributed by atoms with Gasteiger partial charge >= 0.3 is 0 Å². The molecule has 2 N–H and O–H groups in total. The Kier molecular flexibility index (Phi) is 5.35. The first-order valence-corrected chi connectivity index (χ1v) is 7.28. The zero-order chi connectivity index (χ0) is 13.7. The molecule has 2 rings (SSSR count). The molecule has 0 aliphatic carbocycles. The van der Waals surface area contributed by atoms with Crippen molar-refractivity contribution in [1.29, 1.82) is 0 Å².